The van der Waals surface area contributed by atoms with E-state index in [4.69, 9.17) is 5.11 Å². The zero-order chi connectivity index (χ0) is 15.7. The number of aromatic carboxylic acids is 1. The summed E-state index contributed by atoms with van der Waals surface area (Å²) in [7, 11) is 1.78. The molecule has 0 saturated heterocycles. The van der Waals surface area contributed by atoms with E-state index in [0.29, 0.717) is 36.6 Å². The number of carboxylic acid groups (broad SMARTS) is 1. The van der Waals surface area contributed by atoms with Gasteiger partial charge >= 0.3 is 5.97 Å². The van der Waals surface area contributed by atoms with Crippen molar-refractivity contribution in [3.63, 3.8) is 0 Å². The Morgan fingerprint density at radius 3 is 2.57 bits per heavy atom. The molecule has 21 heavy (non-hydrogen) atoms. The number of aliphatic hydroxyl groups excluding tert-OH is 1. The van der Waals surface area contributed by atoms with Gasteiger partial charge < -0.3 is 15.1 Å². The Morgan fingerprint density at radius 1 is 1.48 bits per heavy atom. The Morgan fingerprint density at radius 2 is 2.10 bits per heavy atom. The average Bonchev–Trinajstić information content (AvgIpc) is 2.36. The maximum Gasteiger partial charge on any atom is 0.336 e. The van der Waals surface area contributed by atoms with Crippen molar-refractivity contribution in [1.29, 1.82) is 0 Å². The first-order valence-electron chi connectivity index (χ1n) is 6.71. The van der Waals surface area contributed by atoms with Crippen LogP contribution < -0.4 is 4.90 Å². The normalized spacial score (nSPS) is 20.7. The molecule has 0 aliphatic heterocycles. The minimum Gasteiger partial charge on any atom is -0.478 e. The molecule has 0 aromatic heterocycles. The van der Waals surface area contributed by atoms with Crippen LogP contribution in [0.15, 0.2) is 12.1 Å². The van der Waals surface area contributed by atoms with Crippen LogP contribution in [0.4, 0.5) is 11.4 Å². The molecule has 1 aliphatic carbocycles. The number of nitro benzene ring substituents is 1. The summed E-state index contributed by atoms with van der Waals surface area (Å²) < 4.78 is 0. The molecule has 0 heterocycles. The molecule has 1 aromatic carbocycles. The SMILES string of the molecule is Cc1c(N(C)CC2CC(O)C2)cc(C(=O)O)cc1[N+](=O)[O-]. The highest BCUT2D eigenvalue weighted by molar-refractivity contribution is 5.90. The second-order valence-electron chi connectivity index (χ2n) is 5.57. The third-order valence-electron chi connectivity index (χ3n) is 3.95. The van der Waals surface area contributed by atoms with Crippen molar-refractivity contribution in [3.05, 3.63) is 33.4 Å². The van der Waals surface area contributed by atoms with Gasteiger partial charge in [-0.3, -0.25) is 10.1 Å². The van der Waals surface area contributed by atoms with Gasteiger partial charge in [-0.25, -0.2) is 4.79 Å². The molecule has 7 heteroatoms. The molecular weight excluding hydrogens is 276 g/mol. The first-order valence-corrected chi connectivity index (χ1v) is 6.71. The molecule has 0 spiro atoms. The molecule has 0 atom stereocenters. The summed E-state index contributed by atoms with van der Waals surface area (Å²) in [6, 6.07) is 2.54. The van der Waals surface area contributed by atoms with Crippen LogP contribution in [0.2, 0.25) is 0 Å². The van der Waals surface area contributed by atoms with Gasteiger partial charge in [-0.15, -0.1) is 0 Å². The van der Waals surface area contributed by atoms with Gasteiger partial charge in [-0.1, -0.05) is 0 Å². The largest absolute Gasteiger partial charge is 0.478 e. The van der Waals surface area contributed by atoms with E-state index in [1.807, 2.05) is 4.90 Å². The van der Waals surface area contributed by atoms with Gasteiger partial charge in [0.05, 0.1) is 22.2 Å². The summed E-state index contributed by atoms with van der Waals surface area (Å²) in [6.45, 7) is 2.25. The number of rotatable bonds is 5. The van der Waals surface area contributed by atoms with Gasteiger partial charge in [0, 0.05) is 25.3 Å². The maximum atomic E-state index is 11.1. The summed E-state index contributed by atoms with van der Waals surface area (Å²) in [6.07, 6.45) is 1.16. The molecule has 1 aromatic rings. The molecule has 1 saturated carbocycles. The minimum atomic E-state index is -1.19. The van der Waals surface area contributed by atoms with E-state index in [-0.39, 0.29) is 17.4 Å². The van der Waals surface area contributed by atoms with Gasteiger partial charge in [0.25, 0.3) is 5.69 Å². The lowest BCUT2D eigenvalue weighted by Gasteiger charge is -2.35. The van der Waals surface area contributed by atoms with Gasteiger partial charge in [0.1, 0.15) is 0 Å². The summed E-state index contributed by atoms with van der Waals surface area (Å²) in [5.41, 5.74) is 0.712. The Balaban J connectivity index is 2.32. The Kier molecular flexibility index (Phi) is 4.13. The molecule has 1 aliphatic rings. The van der Waals surface area contributed by atoms with Crippen molar-refractivity contribution < 1.29 is 19.9 Å². The van der Waals surface area contributed by atoms with Gasteiger partial charge in [0.2, 0.25) is 0 Å². The van der Waals surface area contributed by atoms with E-state index in [0.717, 1.165) is 6.07 Å². The van der Waals surface area contributed by atoms with Crippen LogP contribution in [-0.4, -0.2) is 40.8 Å². The first-order chi connectivity index (χ1) is 9.79. The molecule has 2 rings (SSSR count). The molecule has 1 fully saturated rings. The fourth-order valence-corrected chi connectivity index (χ4v) is 2.73. The van der Waals surface area contributed by atoms with Crippen molar-refractivity contribution >= 4 is 17.3 Å². The maximum absolute atomic E-state index is 11.1. The predicted octanol–water partition coefficient (Wildman–Crippen LogP) is 1.81. The highest BCUT2D eigenvalue weighted by Crippen LogP contribution is 2.33. The minimum absolute atomic E-state index is 0.0946. The molecule has 2 N–H and O–H groups in total. The van der Waals surface area contributed by atoms with Crippen molar-refractivity contribution in [1.82, 2.24) is 0 Å². The molecule has 0 amide bonds. The zero-order valence-corrected chi connectivity index (χ0v) is 11.9. The van der Waals surface area contributed by atoms with Crippen LogP contribution >= 0.6 is 0 Å². The number of anilines is 1. The van der Waals surface area contributed by atoms with Crippen LogP contribution in [0.3, 0.4) is 0 Å². The molecule has 0 radical (unpaired) electrons. The third-order valence-corrected chi connectivity index (χ3v) is 3.95. The summed E-state index contributed by atoms with van der Waals surface area (Å²) in [4.78, 5) is 23.4. The number of carbonyl (C=O) groups is 1. The monoisotopic (exact) mass is 294 g/mol. The number of benzene rings is 1. The first kappa shape index (κ1) is 15.2. The third kappa shape index (κ3) is 3.13. The Hall–Kier alpha value is -2.15. The second-order valence-corrected chi connectivity index (χ2v) is 5.57. The number of nitro groups is 1. The lowest BCUT2D eigenvalue weighted by atomic mass is 9.82. The van der Waals surface area contributed by atoms with Crippen molar-refractivity contribution in [2.45, 2.75) is 25.9 Å². The second kappa shape index (κ2) is 5.69. The van der Waals surface area contributed by atoms with Crippen LogP contribution in [0.25, 0.3) is 0 Å². The molecule has 114 valence electrons. The fourth-order valence-electron chi connectivity index (χ4n) is 2.73. The predicted molar refractivity (Wildman–Crippen MR) is 76.8 cm³/mol. The summed E-state index contributed by atoms with van der Waals surface area (Å²) in [5.74, 6) is -0.858. The number of aliphatic hydroxyl groups is 1. The van der Waals surface area contributed by atoms with Gasteiger partial charge in [-0.2, -0.15) is 0 Å². The standard InChI is InChI=1S/C14H18N2O5/c1-8-12(15(2)7-9-3-11(17)4-9)5-10(14(18)19)6-13(8)16(20)21/h5-6,9,11,17H,3-4,7H2,1-2H3,(H,18,19). The van der Waals surface area contributed by atoms with E-state index in [2.05, 4.69) is 0 Å². The topological polar surface area (TPSA) is 104 Å². The molecular formula is C14H18N2O5. The number of hydrogen-bond acceptors (Lipinski definition) is 5. The quantitative estimate of drug-likeness (QED) is 0.634. The van der Waals surface area contributed by atoms with Crippen LogP contribution in [0.1, 0.15) is 28.8 Å². The molecule has 7 nitrogen and oxygen atoms in total. The fraction of sp³-hybridized carbons (Fsp3) is 0.500. The van der Waals surface area contributed by atoms with E-state index < -0.39 is 10.9 Å². The zero-order valence-electron chi connectivity index (χ0n) is 11.9. The average molecular weight is 294 g/mol. The van der Waals surface area contributed by atoms with E-state index in [1.165, 1.54) is 6.07 Å². The van der Waals surface area contributed by atoms with Crippen LogP contribution in [0, 0.1) is 23.0 Å². The lowest BCUT2D eigenvalue weighted by molar-refractivity contribution is -0.385. The summed E-state index contributed by atoms with van der Waals surface area (Å²) in [5, 5.41) is 29.5. The lowest BCUT2D eigenvalue weighted by Crippen LogP contribution is -2.37. The highest BCUT2D eigenvalue weighted by atomic mass is 16.6. The molecule has 0 unspecified atom stereocenters. The number of hydrogen-bond donors (Lipinski definition) is 2. The van der Waals surface area contributed by atoms with Gasteiger partial charge in [-0.05, 0) is 31.7 Å². The Bertz CT molecular complexity index is 581. The van der Waals surface area contributed by atoms with E-state index in [9.17, 15) is 20.0 Å². The molecule has 0 bridgehead atoms. The number of carboxylic acids is 1. The van der Waals surface area contributed by atoms with Gasteiger partial charge in [0.15, 0.2) is 0 Å². The summed E-state index contributed by atoms with van der Waals surface area (Å²) >= 11 is 0. The van der Waals surface area contributed by atoms with E-state index >= 15 is 0 Å². The van der Waals surface area contributed by atoms with Crippen molar-refractivity contribution in [2.75, 3.05) is 18.5 Å². The smallest absolute Gasteiger partial charge is 0.336 e. The van der Waals surface area contributed by atoms with Crippen LogP contribution in [0.5, 0.6) is 0 Å². The van der Waals surface area contributed by atoms with Crippen molar-refractivity contribution in [2.24, 2.45) is 5.92 Å². The van der Waals surface area contributed by atoms with Crippen molar-refractivity contribution in [3.8, 4) is 0 Å². The highest BCUT2D eigenvalue weighted by Gasteiger charge is 2.29. The Labute approximate surface area is 122 Å². The number of nitrogens with zero attached hydrogens (tertiary/aromatic N) is 2. The van der Waals surface area contributed by atoms with Crippen LogP contribution in [-0.2, 0) is 0 Å². The van der Waals surface area contributed by atoms with E-state index in [1.54, 1.807) is 14.0 Å².